The highest BCUT2D eigenvalue weighted by atomic mass is 32.1. The van der Waals surface area contributed by atoms with Crippen LogP contribution in [0.3, 0.4) is 0 Å². The Morgan fingerprint density at radius 3 is 2.32 bits per heavy atom. The number of aliphatic hydroxyl groups excluding tert-OH is 1. The maximum absolute atomic E-state index is 12.4. The zero-order valence-corrected chi connectivity index (χ0v) is 24.9. The maximum atomic E-state index is 12.4. The zero-order valence-electron chi connectivity index (χ0n) is 24.1. The lowest BCUT2D eigenvalue weighted by molar-refractivity contribution is -0.274. The Morgan fingerprint density at radius 2 is 1.55 bits per heavy atom. The van der Waals surface area contributed by atoms with E-state index < -0.39 is 12.5 Å². The van der Waals surface area contributed by atoms with Crippen molar-refractivity contribution < 1.29 is 42.0 Å². The maximum Gasteiger partial charge on any atom is 0.573 e. The van der Waals surface area contributed by atoms with Gasteiger partial charge < -0.3 is 39.4 Å². The highest BCUT2D eigenvalue weighted by molar-refractivity contribution is 7.22. The van der Waals surface area contributed by atoms with E-state index >= 15 is 0 Å². The molecule has 44 heavy (non-hydrogen) atoms. The third kappa shape index (κ3) is 12.5. The van der Waals surface area contributed by atoms with Gasteiger partial charge in [0, 0.05) is 38.2 Å². The van der Waals surface area contributed by atoms with Gasteiger partial charge in [0.15, 0.2) is 5.13 Å². The molecule has 13 heteroatoms. The topological polar surface area (TPSA) is 103 Å². The van der Waals surface area contributed by atoms with E-state index in [2.05, 4.69) is 32.5 Å². The van der Waals surface area contributed by atoms with E-state index in [1.165, 1.54) is 35.1 Å². The van der Waals surface area contributed by atoms with Gasteiger partial charge in [0.2, 0.25) is 0 Å². The lowest BCUT2D eigenvalue weighted by Crippen LogP contribution is -2.33. The molecule has 0 bridgehead atoms. The molecular weight excluding hydrogens is 599 g/mol. The normalized spacial score (nSPS) is 12.3. The number of fused-ring (bicyclic) bond motifs is 1. The molecule has 0 fully saturated rings. The van der Waals surface area contributed by atoms with Gasteiger partial charge in [-0.1, -0.05) is 47.7 Å². The lowest BCUT2D eigenvalue weighted by Gasteiger charge is -2.14. The van der Waals surface area contributed by atoms with Crippen molar-refractivity contribution in [2.45, 2.75) is 18.9 Å². The second-order valence-corrected chi connectivity index (χ2v) is 10.6. The number of benzene rings is 3. The molecule has 1 heterocycles. The van der Waals surface area contributed by atoms with Gasteiger partial charge in [-0.25, -0.2) is 4.98 Å². The van der Waals surface area contributed by atoms with Gasteiger partial charge in [0.25, 0.3) is 0 Å². The summed E-state index contributed by atoms with van der Waals surface area (Å²) in [5, 5.41) is 17.0. The zero-order chi connectivity index (χ0) is 31.0. The molecule has 0 aliphatic rings. The molecule has 3 aromatic carbocycles. The number of aromatic nitrogens is 1. The number of nitrogens with one attached hydrogen (secondary N) is 2. The molecule has 3 N–H and O–H groups in total. The SMILES string of the molecule is O[C@H](CNCCOCCOCCNc1nc2ccc(OC(F)(F)F)cc2s1)COc1cccc(OCCc2ccccc2)c1. The number of hydrogen-bond donors (Lipinski definition) is 3. The molecule has 0 aliphatic carbocycles. The second-order valence-electron chi connectivity index (χ2n) is 9.58. The van der Waals surface area contributed by atoms with Crippen LogP contribution in [0.5, 0.6) is 17.2 Å². The van der Waals surface area contributed by atoms with E-state index in [1.54, 1.807) is 0 Å². The highest BCUT2D eigenvalue weighted by Gasteiger charge is 2.31. The molecular formula is C31H36F3N3O6S. The average Bonchev–Trinajstić information content (AvgIpc) is 3.41. The minimum Gasteiger partial charge on any atom is -0.493 e. The predicted octanol–water partition coefficient (Wildman–Crippen LogP) is 5.29. The lowest BCUT2D eigenvalue weighted by atomic mass is 10.2. The van der Waals surface area contributed by atoms with Crippen LogP contribution in [0.15, 0.2) is 72.8 Å². The molecule has 1 aromatic heterocycles. The van der Waals surface area contributed by atoms with Crippen molar-refractivity contribution >= 4 is 26.7 Å². The highest BCUT2D eigenvalue weighted by Crippen LogP contribution is 2.31. The Bertz CT molecular complexity index is 1390. The van der Waals surface area contributed by atoms with Gasteiger partial charge in [-0.3, -0.25) is 0 Å². The van der Waals surface area contributed by atoms with E-state index in [0.29, 0.717) is 73.8 Å². The number of anilines is 1. The Hall–Kier alpha value is -3.62. The fraction of sp³-hybridized carbons (Fsp3) is 0.387. The Labute approximate surface area is 257 Å². The minimum atomic E-state index is -4.73. The molecule has 1 atom stereocenters. The fourth-order valence-corrected chi connectivity index (χ4v) is 4.90. The van der Waals surface area contributed by atoms with E-state index in [-0.39, 0.29) is 12.4 Å². The largest absolute Gasteiger partial charge is 0.573 e. The van der Waals surface area contributed by atoms with E-state index in [0.717, 1.165) is 12.2 Å². The summed E-state index contributed by atoms with van der Waals surface area (Å²) in [5.74, 6) is 1.08. The summed E-state index contributed by atoms with van der Waals surface area (Å²) in [6, 6.07) is 21.6. The smallest absolute Gasteiger partial charge is 0.493 e. The van der Waals surface area contributed by atoms with Gasteiger partial charge in [-0.05, 0) is 29.8 Å². The first kappa shape index (κ1) is 33.3. The van der Waals surface area contributed by atoms with Crippen molar-refractivity contribution in [3.8, 4) is 17.2 Å². The quantitative estimate of drug-likeness (QED) is 0.112. The molecule has 238 valence electrons. The van der Waals surface area contributed by atoms with Crippen LogP contribution in [0.4, 0.5) is 18.3 Å². The van der Waals surface area contributed by atoms with Crippen molar-refractivity contribution in [2.24, 2.45) is 0 Å². The van der Waals surface area contributed by atoms with Crippen LogP contribution in [0.2, 0.25) is 0 Å². The summed E-state index contributed by atoms with van der Waals surface area (Å²) in [6.07, 6.45) is -4.60. The number of nitrogens with zero attached hydrogens (tertiary/aromatic N) is 1. The molecule has 0 aliphatic heterocycles. The summed E-state index contributed by atoms with van der Waals surface area (Å²) in [4.78, 5) is 4.34. The Kier molecular flexibility index (Phi) is 13.3. The molecule has 0 saturated heterocycles. The Balaban J connectivity index is 0.975. The molecule has 9 nitrogen and oxygen atoms in total. The first-order chi connectivity index (χ1) is 21.3. The van der Waals surface area contributed by atoms with Gasteiger partial charge in [0.1, 0.15) is 30.0 Å². The number of aliphatic hydroxyl groups is 1. The average molecular weight is 636 g/mol. The molecule has 0 saturated carbocycles. The number of alkyl halides is 3. The van der Waals surface area contributed by atoms with Crippen molar-refractivity contribution in [3.63, 3.8) is 0 Å². The number of hydrogen-bond acceptors (Lipinski definition) is 10. The number of rotatable bonds is 20. The summed E-state index contributed by atoms with van der Waals surface area (Å²) in [6.45, 7) is 3.82. The number of thiazole rings is 1. The standard InChI is InChI=1S/C31H36F3N3O6S/c32-31(33,34)43-27-9-10-28-29(20-27)44-30(37-28)36-13-16-40-18-17-39-15-12-35-21-24(38)22-42-26-8-4-7-25(19-26)41-14-11-23-5-2-1-3-6-23/h1-10,19-20,24,35,38H,11-18,21-22H2,(H,36,37)/t24-/m1/s1. The van der Waals surface area contributed by atoms with Crippen LogP contribution in [0.25, 0.3) is 10.2 Å². The fourth-order valence-electron chi connectivity index (χ4n) is 3.98. The van der Waals surface area contributed by atoms with Crippen LogP contribution in [0, 0.1) is 0 Å². The van der Waals surface area contributed by atoms with Crippen LogP contribution in [0.1, 0.15) is 5.56 Å². The molecule has 0 amide bonds. The van der Waals surface area contributed by atoms with Crippen LogP contribution in [-0.4, -0.2) is 81.8 Å². The van der Waals surface area contributed by atoms with Crippen molar-refractivity contribution in [1.29, 1.82) is 0 Å². The van der Waals surface area contributed by atoms with Crippen molar-refractivity contribution in [1.82, 2.24) is 10.3 Å². The van der Waals surface area contributed by atoms with Crippen LogP contribution < -0.4 is 24.8 Å². The first-order valence-corrected chi connectivity index (χ1v) is 15.0. The van der Waals surface area contributed by atoms with Crippen molar-refractivity contribution in [3.05, 3.63) is 78.4 Å². The Morgan fingerprint density at radius 1 is 0.795 bits per heavy atom. The van der Waals surface area contributed by atoms with Crippen molar-refractivity contribution in [2.75, 3.05) is 64.6 Å². The van der Waals surface area contributed by atoms with Crippen LogP contribution in [-0.2, 0) is 15.9 Å². The first-order valence-electron chi connectivity index (χ1n) is 14.2. The number of ether oxygens (including phenoxy) is 5. The summed E-state index contributed by atoms with van der Waals surface area (Å²) < 4.78 is 64.3. The van der Waals surface area contributed by atoms with Crippen LogP contribution >= 0.6 is 11.3 Å². The van der Waals surface area contributed by atoms with E-state index in [9.17, 15) is 18.3 Å². The number of halogens is 3. The third-order valence-electron chi connectivity index (χ3n) is 6.04. The molecule has 0 radical (unpaired) electrons. The predicted molar refractivity (Wildman–Crippen MR) is 163 cm³/mol. The van der Waals surface area contributed by atoms with Gasteiger partial charge in [0.05, 0.1) is 43.3 Å². The van der Waals surface area contributed by atoms with E-state index in [1.807, 2.05) is 42.5 Å². The second kappa shape index (κ2) is 17.6. The molecule has 0 spiro atoms. The molecule has 4 aromatic rings. The van der Waals surface area contributed by atoms with Gasteiger partial charge in [-0.2, -0.15) is 0 Å². The molecule has 0 unspecified atom stereocenters. The summed E-state index contributed by atoms with van der Waals surface area (Å²) >= 11 is 1.24. The third-order valence-corrected chi connectivity index (χ3v) is 7.02. The monoisotopic (exact) mass is 635 g/mol. The summed E-state index contributed by atoms with van der Waals surface area (Å²) in [7, 11) is 0. The van der Waals surface area contributed by atoms with Gasteiger partial charge >= 0.3 is 6.36 Å². The van der Waals surface area contributed by atoms with E-state index in [4.69, 9.17) is 18.9 Å². The summed E-state index contributed by atoms with van der Waals surface area (Å²) in [5.41, 5.74) is 1.80. The molecule has 4 rings (SSSR count). The van der Waals surface area contributed by atoms with Gasteiger partial charge in [-0.15, -0.1) is 13.2 Å². The minimum absolute atomic E-state index is 0.147.